The van der Waals surface area contributed by atoms with Crippen molar-refractivity contribution in [2.24, 2.45) is 11.5 Å². The van der Waals surface area contributed by atoms with Crippen molar-refractivity contribution in [2.75, 3.05) is 0 Å². The smallest absolute Gasteiger partial charge is 0.0981 e. The Hall–Kier alpha value is -0.990. The summed E-state index contributed by atoms with van der Waals surface area (Å²) in [6.07, 6.45) is 0. The van der Waals surface area contributed by atoms with Crippen LogP contribution in [0.4, 0.5) is 0 Å². The molecule has 0 amide bonds. The van der Waals surface area contributed by atoms with Gasteiger partial charge in [-0.2, -0.15) is 0 Å². The molecule has 0 aromatic carbocycles. The van der Waals surface area contributed by atoms with E-state index in [2.05, 4.69) is 0 Å². The lowest BCUT2D eigenvalue weighted by molar-refractivity contribution is 1.19. The Kier molecular flexibility index (Phi) is 2.06. The first-order valence-corrected chi connectivity index (χ1v) is 2.33. The fourth-order valence-corrected chi connectivity index (χ4v) is 0.217. The summed E-state index contributed by atoms with van der Waals surface area (Å²) in [6.45, 7) is 3.37. The van der Waals surface area contributed by atoms with E-state index in [1.54, 1.807) is 13.8 Å². The van der Waals surface area contributed by atoms with Crippen molar-refractivity contribution in [3.8, 4) is 0 Å². The van der Waals surface area contributed by atoms with E-state index < -0.39 is 0 Å². The van der Waals surface area contributed by atoms with Crippen molar-refractivity contribution < 1.29 is 0 Å². The Morgan fingerprint density at radius 1 is 1.25 bits per heavy atom. The zero-order valence-corrected chi connectivity index (χ0v) is 5.15. The molecule has 0 atom stereocenters. The Labute approximate surface area is 48.9 Å². The lowest BCUT2D eigenvalue weighted by Crippen LogP contribution is -2.13. The first-order valence-electron chi connectivity index (χ1n) is 2.33. The molecule has 0 aromatic heterocycles. The largest absolute Gasteiger partial charge is 0.385 e. The molecule has 0 saturated carbocycles. The molecule has 0 rings (SSSR count). The van der Waals surface area contributed by atoms with Crippen LogP contribution in [0.15, 0.2) is 11.4 Å². The number of hydrogen-bond acceptors (Lipinski definition) is 3. The van der Waals surface area contributed by atoms with E-state index in [1.807, 2.05) is 0 Å². The van der Waals surface area contributed by atoms with Crippen LogP contribution in [0, 0.1) is 5.41 Å². The van der Waals surface area contributed by atoms with Crippen molar-refractivity contribution in [1.82, 2.24) is 0 Å². The fourth-order valence-electron chi connectivity index (χ4n) is 0.217. The lowest BCUT2D eigenvalue weighted by Gasteiger charge is -1.97. The summed E-state index contributed by atoms with van der Waals surface area (Å²) in [5.41, 5.74) is 11.4. The van der Waals surface area contributed by atoms with E-state index in [4.69, 9.17) is 16.9 Å². The monoisotopic (exact) mass is 113 g/mol. The molecule has 3 nitrogen and oxygen atoms in total. The topological polar surface area (TPSA) is 75.9 Å². The van der Waals surface area contributed by atoms with Crippen LogP contribution in [-0.4, -0.2) is 5.71 Å². The van der Waals surface area contributed by atoms with Gasteiger partial charge in [0, 0.05) is 11.3 Å². The predicted molar refractivity (Wildman–Crippen MR) is 34.5 cm³/mol. The summed E-state index contributed by atoms with van der Waals surface area (Å²) in [4.78, 5) is 0. The molecule has 46 valence electrons. The predicted octanol–water partition coefficient (Wildman–Crippen LogP) is 0.175. The molecule has 0 unspecified atom stereocenters. The van der Waals surface area contributed by atoms with Crippen molar-refractivity contribution in [3.63, 3.8) is 0 Å². The second kappa shape index (κ2) is 2.35. The maximum absolute atomic E-state index is 7.01. The molecular weight excluding hydrogens is 102 g/mol. The molecule has 0 heterocycles. The maximum atomic E-state index is 7.01. The molecule has 0 fully saturated rings. The van der Waals surface area contributed by atoms with Crippen LogP contribution in [0.5, 0.6) is 0 Å². The van der Waals surface area contributed by atoms with Crippen LogP contribution in [0.25, 0.3) is 0 Å². The van der Waals surface area contributed by atoms with Crippen LogP contribution in [0.2, 0.25) is 0 Å². The highest BCUT2D eigenvalue weighted by Crippen LogP contribution is 1.92. The van der Waals surface area contributed by atoms with Gasteiger partial charge in [0.25, 0.3) is 0 Å². The van der Waals surface area contributed by atoms with E-state index in [9.17, 15) is 0 Å². The zero-order valence-electron chi connectivity index (χ0n) is 5.15. The molecule has 0 aliphatic heterocycles. The van der Waals surface area contributed by atoms with E-state index in [-0.39, 0.29) is 5.82 Å². The Morgan fingerprint density at radius 3 is 1.62 bits per heavy atom. The van der Waals surface area contributed by atoms with Crippen molar-refractivity contribution in [2.45, 2.75) is 13.8 Å². The number of rotatable bonds is 1. The quantitative estimate of drug-likeness (QED) is 0.424. The standard InChI is InChI=1S/C5H11N3/c1-3(4(2)6)5(7)8/h6H,7-8H2,1-2H3. The second-order valence-corrected chi connectivity index (χ2v) is 1.71. The first kappa shape index (κ1) is 7.01. The zero-order chi connectivity index (χ0) is 6.73. The SMILES string of the molecule is CC(=N)C(C)=C(N)N. The van der Waals surface area contributed by atoms with Gasteiger partial charge in [-0.25, -0.2) is 0 Å². The van der Waals surface area contributed by atoms with Gasteiger partial charge in [0.05, 0.1) is 5.82 Å². The van der Waals surface area contributed by atoms with Crippen molar-refractivity contribution in [3.05, 3.63) is 11.4 Å². The van der Waals surface area contributed by atoms with Gasteiger partial charge in [-0.05, 0) is 13.8 Å². The van der Waals surface area contributed by atoms with Gasteiger partial charge in [0.2, 0.25) is 0 Å². The third-order valence-corrected chi connectivity index (χ3v) is 0.996. The van der Waals surface area contributed by atoms with Crippen LogP contribution in [0.3, 0.4) is 0 Å². The second-order valence-electron chi connectivity index (χ2n) is 1.71. The summed E-state index contributed by atoms with van der Waals surface area (Å²) in [7, 11) is 0. The van der Waals surface area contributed by atoms with Gasteiger partial charge in [0.1, 0.15) is 0 Å². The summed E-state index contributed by atoms with van der Waals surface area (Å²) in [6, 6.07) is 0. The molecular formula is C5H11N3. The van der Waals surface area contributed by atoms with Gasteiger partial charge in [-0.3, -0.25) is 0 Å². The molecule has 0 aromatic rings. The fraction of sp³-hybridized carbons (Fsp3) is 0.400. The third kappa shape index (κ3) is 1.64. The van der Waals surface area contributed by atoms with Gasteiger partial charge >= 0.3 is 0 Å². The van der Waals surface area contributed by atoms with E-state index in [0.29, 0.717) is 11.3 Å². The molecule has 0 aliphatic rings. The van der Waals surface area contributed by atoms with Crippen LogP contribution >= 0.6 is 0 Å². The molecule has 0 aliphatic carbocycles. The average molecular weight is 113 g/mol. The number of hydrogen-bond donors (Lipinski definition) is 3. The molecule has 5 N–H and O–H groups in total. The summed E-state index contributed by atoms with van der Waals surface area (Å²) in [5, 5.41) is 7.01. The number of allylic oxidation sites excluding steroid dienone is 1. The average Bonchev–Trinajstić information content (AvgIpc) is 1.64. The van der Waals surface area contributed by atoms with Gasteiger partial charge in [-0.1, -0.05) is 0 Å². The minimum absolute atomic E-state index is 0.234. The molecule has 8 heavy (non-hydrogen) atoms. The third-order valence-electron chi connectivity index (χ3n) is 0.996. The highest BCUT2D eigenvalue weighted by atomic mass is 14.8. The van der Waals surface area contributed by atoms with Crippen LogP contribution < -0.4 is 11.5 Å². The highest BCUT2D eigenvalue weighted by molar-refractivity contribution is 5.95. The van der Waals surface area contributed by atoms with Crippen LogP contribution in [-0.2, 0) is 0 Å². The summed E-state index contributed by atoms with van der Waals surface area (Å²) >= 11 is 0. The van der Waals surface area contributed by atoms with E-state index in [1.165, 1.54) is 0 Å². The van der Waals surface area contributed by atoms with Crippen LogP contribution in [0.1, 0.15) is 13.8 Å². The highest BCUT2D eigenvalue weighted by Gasteiger charge is 1.92. The van der Waals surface area contributed by atoms with E-state index >= 15 is 0 Å². The maximum Gasteiger partial charge on any atom is 0.0981 e. The lowest BCUT2D eigenvalue weighted by atomic mass is 10.2. The van der Waals surface area contributed by atoms with Gasteiger partial charge in [-0.15, -0.1) is 0 Å². The minimum Gasteiger partial charge on any atom is -0.385 e. The molecule has 0 radical (unpaired) electrons. The molecule has 3 heteroatoms. The Morgan fingerprint density at radius 2 is 1.62 bits per heavy atom. The molecule has 0 spiro atoms. The van der Waals surface area contributed by atoms with Crippen molar-refractivity contribution in [1.29, 1.82) is 5.41 Å². The summed E-state index contributed by atoms with van der Waals surface area (Å²) < 4.78 is 0. The van der Waals surface area contributed by atoms with E-state index in [0.717, 1.165) is 0 Å². The van der Waals surface area contributed by atoms with Gasteiger partial charge in [0.15, 0.2) is 0 Å². The minimum atomic E-state index is 0.234. The number of nitrogens with one attached hydrogen (secondary N) is 1. The molecule has 0 saturated heterocycles. The normalized spacial score (nSPS) is 8.25. The Bertz CT molecular complexity index is 131. The summed E-state index contributed by atoms with van der Waals surface area (Å²) in [5.74, 6) is 0.234. The number of nitrogens with two attached hydrogens (primary N) is 2. The van der Waals surface area contributed by atoms with Crippen molar-refractivity contribution >= 4 is 5.71 Å². The molecule has 0 bridgehead atoms. The van der Waals surface area contributed by atoms with Gasteiger partial charge < -0.3 is 16.9 Å². The Balaban J connectivity index is 4.23. The first-order chi connectivity index (χ1) is 3.55.